The number of aromatic nitrogens is 1. The van der Waals surface area contributed by atoms with Crippen molar-refractivity contribution in [3.8, 4) is 10.4 Å². The topological polar surface area (TPSA) is 50.9 Å². The molecule has 2 rings (SSSR count). The van der Waals surface area contributed by atoms with E-state index < -0.39 is 0 Å². The Morgan fingerprint density at radius 1 is 1.23 bits per heavy atom. The Balaban J connectivity index is 2.36. The summed E-state index contributed by atoms with van der Waals surface area (Å²) in [5, 5.41) is 0.735. The minimum absolute atomic E-state index is 0.735. The number of nitrogens with one attached hydrogen (secondary N) is 1. The molecule has 1 heterocycles. The van der Waals surface area contributed by atoms with Gasteiger partial charge in [0.2, 0.25) is 0 Å². The number of hydrogen-bond acceptors (Lipinski definition) is 4. The largest absolute Gasteiger partial charge is 0.300 e. The molecular weight excluding hydrogens is 182 g/mol. The van der Waals surface area contributed by atoms with Crippen LogP contribution in [0.1, 0.15) is 0 Å². The number of anilines is 1. The summed E-state index contributed by atoms with van der Waals surface area (Å²) >= 11 is 1.54. The molecule has 0 bridgehead atoms. The zero-order valence-corrected chi connectivity index (χ0v) is 7.71. The van der Waals surface area contributed by atoms with E-state index in [1.807, 2.05) is 36.5 Å². The monoisotopic (exact) mass is 191 g/mol. The van der Waals surface area contributed by atoms with Crippen LogP contribution in [0.5, 0.6) is 0 Å². The second-order valence-corrected chi connectivity index (χ2v) is 3.57. The SMILES string of the molecule is NNc1ncc(-c2ccccc2)s1. The third kappa shape index (κ3) is 1.68. The number of thiazole rings is 1. The lowest BCUT2D eigenvalue weighted by Gasteiger charge is -1.93. The third-order valence-corrected chi connectivity index (χ3v) is 2.67. The second-order valence-electron chi connectivity index (χ2n) is 2.54. The van der Waals surface area contributed by atoms with E-state index in [4.69, 9.17) is 5.84 Å². The number of nitrogen functional groups attached to an aromatic ring is 1. The Morgan fingerprint density at radius 3 is 2.62 bits per heavy atom. The Kier molecular flexibility index (Phi) is 2.25. The molecule has 0 radical (unpaired) electrons. The summed E-state index contributed by atoms with van der Waals surface area (Å²) in [5.74, 6) is 5.24. The van der Waals surface area contributed by atoms with Crippen LogP contribution >= 0.6 is 11.3 Å². The van der Waals surface area contributed by atoms with Crippen molar-refractivity contribution in [2.24, 2.45) is 5.84 Å². The Hall–Kier alpha value is -1.39. The molecule has 0 spiro atoms. The van der Waals surface area contributed by atoms with Gasteiger partial charge in [0.25, 0.3) is 0 Å². The summed E-state index contributed by atoms with van der Waals surface area (Å²) in [6, 6.07) is 10.1. The molecule has 3 N–H and O–H groups in total. The standard InChI is InChI=1S/C9H9N3S/c10-12-9-11-6-8(13-9)7-4-2-1-3-5-7/h1-6H,10H2,(H,11,12). The van der Waals surface area contributed by atoms with Gasteiger partial charge in [0.05, 0.1) is 4.88 Å². The van der Waals surface area contributed by atoms with Gasteiger partial charge in [-0.3, -0.25) is 5.43 Å². The molecule has 0 atom stereocenters. The highest BCUT2D eigenvalue weighted by Gasteiger charge is 2.01. The van der Waals surface area contributed by atoms with E-state index in [9.17, 15) is 0 Å². The molecule has 4 heteroatoms. The van der Waals surface area contributed by atoms with Crippen molar-refractivity contribution < 1.29 is 0 Å². The van der Waals surface area contributed by atoms with E-state index in [0.717, 1.165) is 10.0 Å². The minimum atomic E-state index is 0.735. The van der Waals surface area contributed by atoms with Gasteiger partial charge in [-0.15, -0.1) is 0 Å². The average molecular weight is 191 g/mol. The predicted octanol–water partition coefficient (Wildman–Crippen LogP) is 2.10. The molecule has 66 valence electrons. The summed E-state index contributed by atoms with van der Waals surface area (Å²) in [7, 11) is 0. The molecule has 0 fully saturated rings. The molecule has 0 aliphatic rings. The van der Waals surface area contributed by atoms with Gasteiger partial charge >= 0.3 is 0 Å². The van der Waals surface area contributed by atoms with Crippen molar-refractivity contribution in [1.29, 1.82) is 0 Å². The van der Waals surface area contributed by atoms with E-state index >= 15 is 0 Å². The van der Waals surface area contributed by atoms with E-state index in [1.165, 1.54) is 16.9 Å². The smallest absolute Gasteiger partial charge is 0.197 e. The maximum Gasteiger partial charge on any atom is 0.197 e. The predicted molar refractivity (Wildman–Crippen MR) is 55.4 cm³/mol. The molecule has 3 nitrogen and oxygen atoms in total. The first kappa shape index (κ1) is 8.22. The highest BCUT2D eigenvalue weighted by Crippen LogP contribution is 2.27. The molecule has 0 saturated carbocycles. The van der Waals surface area contributed by atoms with Crippen molar-refractivity contribution in [3.05, 3.63) is 36.5 Å². The van der Waals surface area contributed by atoms with Crippen molar-refractivity contribution in [2.45, 2.75) is 0 Å². The van der Waals surface area contributed by atoms with Crippen LogP contribution in [0.2, 0.25) is 0 Å². The van der Waals surface area contributed by atoms with Gasteiger partial charge in [-0.1, -0.05) is 41.7 Å². The molecular formula is C9H9N3S. The van der Waals surface area contributed by atoms with Crippen molar-refractivity contribution in [1.82, 2.24) is 4.98 Å². The summed E-state index contributed by atoms with van der Waals surface area (Å²) in [6.45, 7) is 0. The molecule has 0 aliphatic heterocycles. The van der Waals surface area contributed by atoms with Crippen LogP contribution < -0.4 is 11.3 Å². The van der Waals surface area contributed by atoms with Crippen LogP contribution in [0.3, 0.4) is 0 Å². The number of hydrogen-bond donors (Lipinski definition) is 2. The van der Waals surface area contributed by atoms with Gasteiger partial charge in [0.15, 0.2) is 5.13 Å². The quantitative estimate of drug-likeness (QED) is 0.564. The first-order valence-corrected chi connectivity index (χ1v) is 4.69. The fraction of sp³-hybridized carbons (Fsp3) is 0. The van der Waals surface area contributed by atoms with E-state index in [1.54, 1.807) is 0 Å². The van der Waals surface area contributed by atoms with Crippen LogP contribution in [0.4, 0.5) is 5.13 Å². The van der Waals surface area contributed by atoms with Crippen molar-refractivity contribution in [3.63, 3.8) is 0 Å². The van der Waals surface area contributed by atoms with Crippen molar-refractivity contribution in [2.75, 3.05) is 5.43 Å². The van der Waals surface area contributed by atoms with Crippen LogP contribution in [0, 0.1) is 0 Å². The number of rotatable bonds is 2. The van der Waals surface area contributed by atoms with Crippen LogP contribution in [0.25, 0.3) is 10.4 Å². The summed E-state index contributed by atoms with van der Waals surface area (Å²) in [4.78, 5) is 5.21. The number of nitrogens with zero attached hydrogens (tertiary/aromatic N) is 1. The first-order valence-electron chi connectivity index (χ1n) is 3.88. The fourth-order valence-corrected chi connectivity index (χ4v) is 1.81. The normalized spacial score (nSPS) is 9.92. The highest BCUT2D eigenvalue weighted by molar-refractivity contribution is 7.18. The maximum absolute atomic E-state index is 5.24. The summed E-state index contributed by atoms with van der Waals surface area (Å²) < 4.78 is 0. The highest BCUT2D eigenvalue weighted by atomic mass is 32.1. The average Bonchev–Trinajstić information content (AvgIpc) is 2.67. The molecule has 0 aliphatic carbocycles. The lowest BCUT2D eigenvalue weighted by Crippen LogP contribution is -2.05. The summed E-state index contributed by atoms with van der Waals surface area (Å²) in [6.07, 6.45) is 1.81. The van der Waals surface area contributed by atoms with Gasteiger partial charge in [-0.05, 0) is 5.56 Å². The molecule has 2 aromatic rings. The minimum Gasteiger partial charge on any atom is -0.300 e. The zero-order chi connectivity index (χ0) is 9.10. The molecule has 1 aromatic carbocycles. The summed E-state index contributed by atoms with van der Waals surface area (Å²) in [5.41, 5.74) is 3.69. The molecule has 0 unspecified atom stereocenters. The number of benzene rings is 1. The van der Waals surface area contributed by atoms with Gasteiger partial charge < -0.3 is 0 Å². The van der Waals surface area contributed by atoms with Gasteiger partial charge in [-0.25, -0.2) is 10.8 Å². The fourth-order valence-electron chi connectivity index (χ4n) is 1.08. The van der Waals surface area contributed by atoms with Crippen LogP contribution in [-0.4, -0.2) is 4.98 Å². The Labute approximate surface area is 80.2 Å². The first-order chi connectivity index (χ1) is 6.40. The van der Waals surface area contributed by atoms with Gasteiger partial charge in [0, 0.05) is 6.20 Å². The number of nitrogens with two attached hydrogens (primary N) is 1. The van der Waals surface area contributed by atoms with E-state index in [-0.39, 0.29) is 0 Å². The second kappa shape index (κ2) is 3.55. The Morgan fingerprint density at radius 2 is 2.00 bits per heavy atom. The number of hydrazine groups is 1. The lowest BCUT2D eigenvalue weighted by molar-refractivity contribution is 1.29. The molecule has 0 saturated heterocycles. The lowest BCUT2D eigenvalue weighted by atomic mass is 10.2. The Bertz CT molecular complexity index is 383. The van der Waals surface area contributed by atoms with E-state index in [0.29, 0.717) is 0 Å². The molecule has 13 heavy (non-hydrogen) atoms. The van der Waals surface area contributed by atoms with Crippen LogP contribution in [-0.2, 0) is 0 Å². The van der Waals surface area contributed by atoms with Crippen LogP contribution in [0.15, 0.2) is 36.5 Å². The molecule has 1 aromatic heterocycles. The van der Waals surface area contributed by atoms with Gasteiger partial charge in [0.1, 0.15) is 0 Å². The van der Waals surface area contributed by atoms with E-state index in [2.05, 4.69) is 10.4 Å². The maximum atomic E-state index is 5.24. The third-order valence-electron chi connectivity index (χ3n) is 1.69. The van der Waals surface area contributed by atoms with Crippen molar-refractivity contribution >= 4 is 16.5 Å². The molecule has 0 amide bonds. The zero-order valence-electron chi connectivity index (χ0n) is 6.90. The van der Waals surface area contributed by atoms with Gasteiger partial charge in [-0.2, -0.15) is 0 Å².